The third-order valence-corrected chi connectivity index (χ3v) is 7.19. The molecule has 1 fully saturated rings. The minimum atomic E-state index is -3.58. The molecule has 0 unspecified atom stereocenters. The summed E-state index contributed by atoms with van der Waals surface area (Å²) in [4.78, 5) is 12.7. The maximum Gasteiger partial charge on any atom is 0.271 e. The van der Waals surface area contributed by atoms with Gasteiger partial charge in [-0.3, -0.25) is 4.79 Å². The summed E-state index contributed by atoms with van der Waals surface area (Å²) in [7, 11) is -3.58. The Morgan fingerprint density at radius 2 is 1.69 bits per heavy atom. The van der Waals surface area contributed by atoms with Crippen LogP contribution in [0.4, 0.5) is 0 Å². The van der Waals surface area contributed by atoms with Crippen LogP contribution in [0, 0.1) is 13.8 Å². The van der Waals surface area contributed by atoms with Crippen molar-refractivity contribution in [1.82, 2.24) is 9.73 Å². The molecule has 1 N–H and O–H groups in total. The summed E-state index contributed by atoms with van der Waals surface area (Å²) in [5.74, 6) is -0.441. The summed E-state index contributed by atoms with van der Waals surface area (Å²) in [6.07, 6.45) is 2.78. The molecule has 1 amide bonds. The first-order chi connectivity index (χ1) is 13.8. The Bertz CT molecular complexity index is 1040. The second kappa shape index (κ2) is 8.88. The third-order valence-electron chi connectivity index (χ3n) is 5.30. The number of nitrogens with one attached hydrogen (secondary N) is 1. The van der Waals surface area contributed by atoms with Gasteiger partial charge in [0, 0.05) is 18.7 Å². The van der Waals surface area contributed by atoms with E-state index in [-0.39, 0.29) is 10.5 Å². The average molecular weight is 414 g/mol. The highest BCUT2D eigenvalue weighted by Gasteiger charge is 2.26. The zero-order valence-corrected chi connectivity index (χ0v) is 17.9. The lowest BCUT2D eigenvalue weighted by Crippen LogP contribution is -2.35. The van der Waals surface area contributed by atoms with Crippen LogP contribution in [0.5, 0.6) is 0 Å². The second-order valence-electron chi connectivity index (χ2n) is 7.43. The number of piperidine rings is 1. The molecule has 0 radical (unpaired) electrons. The maximum absolute atomic E-state index is 12.8. The highest BCUT2D eigenvalue weighted by molar-refractivity contribution is 7.89. The molecule has 1 aliphatic rings. The molecule has 6 nitrogen and oxygen atoms in total. The summed E-state index contributed by atoms with van der Waals surface area (Å²) in [6.45, 7) is 6.94. The van der Waals surface area contributed by atoms with Gasteiger partial charge < -0.3 is 0 Å². The molecule has 1 saturated heterocycles. The van der Waals surface area contributed by atoms with E-state index < -0.39 is 15.9 Å². The fraction of sp³-hybridized carbons (Fsp3) is 0.364. The molecule has 1 heterocycles. The third kappa shape index (κ3) is 4.92. The van der Waals surface area contributed by atoms with Crippen molar-refractivity contribution in [2.24, 2.45) is 5.10 Å². The van der Waals surface area contributed by atoms with E-state index in [1.807, 2.05) is 39.0 Å². The number of hydrogen-bond acceptors (Lipinski definition) is 4. The molecule has 0 bridgehead atoms. The standard InChI is InChI=1S/C22H27N3O3S/c1-16-10-11-19(14-17(16)2)18(3)23-24-22(26)20-8-7-9-21(15-20)29(27,28)25-12-5-4-6-13-25/h7-11,14-15H,4-6,12-13H2,1-3H3,(H,24,26). The fourth-order valence-corrected chi connectivity index (χ4v) is 4.85. The number of sulfonamides is 1. The van der Waals surface area contributed by atoms with Gasteiger partial charge in [-0.05, 0) is 74.6 Å². The monoisotopic (exact) mass is 413 g/mol. The van der Waals surface area contributed by atoms with Crippen molar-refractivity contribution < 1.29 is 13.2 Å². The maximum atomic E-state index is 12.8. The van der Waals surface area contributed by atoms with E-state index in [0.717, 1.165) is 30.4 Å². The van der Waals surface area contributed by atoms with E-state index >= 15 is 0 Å². The molecule has 0 spiro atoms. The average Bonchev–Trinajstić information content (AvgIpc) is 2.74. The van der Waals surface area contributed by atoms with Crippen molar-refractivity contribution in [3.05, 3.63) is 64.7 Å². The molecular formula is C22H27N3O3S. The van der Waals surface area contributed by atoms with Gasteiger partial charge in [-0.2, -0.15) is 9.41 Å². The van der Waals surface area contributed by atoms with Crippen LogP contribution in [-0.2, 0) is 10.0 Å². The number of aryl methyl sites for hydroxylation is 2. The fourth-order valence-electron chi connectivity index (χ4n) is 3.28. The topological polar surface area (TPSA) is 78.8 Å². The molecule has 1 aliphatic heterocycles. The molecule has 2 aromatic rings. The van der Waals surface area contributed by atoms with Crippen molar-refractivity contribution in [3.8, 4) is 0 Å². The zero-order chi connectivity index (χ0) is 21.0. The molecule has 2 aromatic carbocycles. The number of rotatable bonds is 5. The molecule has 0 atom stereocenters. The Labute approximate surface area is 172 Å². The summed E-state index contributed by atoms with van der Waals surface area (Å²) in [6, 6.07) is 12.1. The van der Waals surface area contributed by atoms with Gasteiger partial charge in [0.1, 0.15) is 0 Å². The van der Waals surface area contributed by atoms with Gasteiger partial charge in [-0.15, -0.1) is 0 Å². The smallest absolute Gasteiger partial charge is 0.267 e. The first-order valence-electron chi connectivity index (χ1n) is 9.81. The van der Waals surface area contributed by atoms with Crippen molar-refractivity contribution in [1.29, 1.82) is 0 Å². The van der Waals surface area contributed by atoms with E-state index in [9.17, 15) is 13.2 Å². The lowest BCUT2D eigenvalue weighted by molar-refractivity contribution is 0.0954. The van der Waals surface area contributed by atoms with E-state index in [4.69, 9.17) is 0 Å². The molecular weight excluding hydrogens is 386 g/mol. The number of hydrazone groups is 1. The minimum Gasteiger partial charge on any atom is -0.267 e. The van der Waals surface area contributed by atoms with Crippen LogP contribution in [0.3, 0.4) is 0 Å². The lowest BCUT2D eigenvalue weighted by atomic mass is 10.0. The van der Waals surface area contributed by atoms with Crippen molar-refractivity contribution >= 4 is 21.6 Å². The summed E-state index contributed by atoms with van der Waals surface area (Å²) in [5.41, 5.74) is 6.74. The highest BCUT2D eigenvalue weighted by Crippen LogP contribution is 2.21. The Balaban J connectivity index is 1.76. The first-order valence-corrected chi connectivity index (χ1v) is 11.3. The van der Waals surface area contributed by atoms with Crippen LogP contribution in [-0.4, -0.2) is 37.4 Å². The Kier molecular flexibility index (Phi) is 6.49. The van der Waals surface area contributed by atoms with Gasteiger partial charge >= 0.3 is 0 Å². The van der Waals surface area contributed by atoms with E-state index in [1.54, 1.807) is 12.1 Å². The quantitative estimate of drug-likeness (QED) is 0.600. The van der Waals surface area contributed by atoms with Crippen LogP contribution in [0.15, 0.2) is 52.5 Å². The SMILES string of the molecule is CC(=NNC(=O)c1cccc(S(=O)(=O)N2CCCCC2)c1)c1ccc(C)c(C)c1. The second-order valence-corrected chi connectivity index (χ2v) is 9.37. The van der Waals surface area contributed by atoms with E-state index in [0.29, 0.717) is 18.8 Å². The number of benzene rings is 2. The summed E-state index contributed by atoms with van der Waals surface area (Å²) in [5, 5.41) is 4.18. The van der Waals surface area contributed by atoms with Gasteiger partial charge in [0.25, 0.3) is 5.91 Å². The predicted molar refractivity (Wildman–Crippen MR) is 115 cm³/mol. The lowest BCUT2D eigenvalue weighted by Gasteiger charge is -2.25. The minimum absolute atomic E-state index is 0.141. The molecule has 154 valence electrons. The van der Waals surface area contributed by atoms with Crippen molar-refractivity contribution in [3.63, 3.8) is 0 Å². The molecule has 7 heteroatoms. The largest absolute Gasteiger partial charge is 0.271 e. The van der Waals surface area contributed by atoms with E-state index in [1.165, 1.54) is 22.0 Å². The van der Waals surface area contributed by atoms with Crippen LogP contribution in [0.1, 0.15) is 53.2 Å². The van der Waals surface area contributed by atoms with Crippen LogP contribution in [0.25, 0.3) is 0 Å². The van der Waals surface area contributed by atoms with Gasteiger partial charge in [-0.1, -0.05) is 24.6 Å². The van der Waals surface area contributed by atoms with Crippen molar-refractivity contribution in [2.75, 3.05) is 13.1 Å². The van der Waals surface area contributed by atoms with Crippen LogP contribution < -0.4 is 5.43 Å². The first kappa shape index (κ1) is 21.2. The number of carbonyl (C=O) groups is 1. The highest BCUT2D eigenvalue weighted by atomic mass is 32.2. The summed E-state index contributed by atoms with van der Waals surface area (Å²) < 4.78 is 27.2. The van der Waals surface area contributed by atoms with Gasteiger partial charge in [0.05, 0.1) is 10.6 Å². The number of nitrogens with zero attached hydrogens (tertiary/aromatic N) is 2. The summed E-state index contributed by atoms with van der Waals surface area (Å²) >= 11 is 0. The van der Waals surface area contributed by atoms with Gasteiger partial charge in [0.15, 0.2) is 0 Å². The van der Waals surface area contributed by atoms with Crippen LogP contribution in [0.2, 0.25) is 0 Å². The molecule has 0 saturated carbocycles. The molecule has 3 rings (SSSR count). The Hall–Kier alpha value is -2.51. The molecule has 0 aliphatic carbocycles. The number of amides is 1. The van der Waals surface area contributed by atoms with Crippen LogP contribution >= 0.6 is 0 Å². The predicted octanol–water partition coefficient (Wildman–Crippen LogP) is 3.63. The Morgan fingerprint density at radius 3 is 2.38 bits per heavy atom. The Morgan fingerprint density at radius 1 is 0.966 bits per heavy atom. The molecule has 0 aromatic heterocycles. The van der Waals surface area contributed by atoms with E-state index in [2.05, 4.69) is 10.5 Å². The van der Waals surface area contributed by atoms with Crippen molar-refractivity contribution in [2.45, 2.75) is 44.9 Å². The van der Waals surface area contributed by atoms with Gasteiger partial charge in [-0.25, -0.2) is 13.8 Å². The normalized spacial score (nSPS) is 15.9. The number of hydrogen-bond donors (Lipinski definition) is 1. The van der Waals surface area contributed by atoms with Gasteiger partial charge in [0.2, 0.25) is 10.0 Å². The number of carbonyl (C=O) groups excluding carboxylic acids is 1. The molecule has 29 heavy (non-hydrogen) atoms. The zero-order valence-electron chi connectivity index (χ0n) is 17.1.